The third-order valence-corrected chi connectivity index (χ3v) is 4.10. The number of fused-ring (bicyclic) bond motifs is 1. The Morgan fingerprint density at radius 2 is 2.00 bits per heavy atom. The molecule has 1 saturated carbocycles. The van der Waals surface area contributed by atoms with Gasteiger partial charge in [-0.05, 0) is 23.5 Å². The van der Waals surface area contributed by atoms with Crippen molar-refractivity contribution in [2.45, 2.75) is 32.7 Å². The summed E-state index contributed by atoms with van der Waals surface area (Å²) in [7, 11) is 0. The molecule has 3 nitrogen and oxygen atoms in total. The Morgan fingerprint density at radius 3 is 2.75 bits per heavy atom. The van der Waals surface area contributed by atoms with E-state index in [1.807, 2.05) is 42.5 Å². The lowest BCUT2D eigenvalue weighted by molar-refractivity contribution is -0.126. The molecule has 2 atom stereocenters. The van der Waals surface area contributed by atoms with Gasteiger partial charge in [-0.2, -0.15) is 5.10 Å². The fraction of sp³-hybridized carbons (Fsp3) is 0.412. The molecule has 1 aliphatic heterocycles. The molecular weight excluding hydrogens is 248 g/mol. The number of allylic oxidation sites excluding steroid dienone is 1. The lowest BCUT2D eigenvalue weighted by Crippen LogP contribution is -2.45. The van der Waals surface area contributed by atoms with Crippen molar-refractivity contribution in [2.75, 3.05) is 0 Å². The molecule has 0 saturated heterocycles. The number of nitrogens with one attached hydrogen (secondary N) is 1. The first-order valence-corrected chi connectivity index (χ1v) is 7.14. The Labute approximate surface area is 119 Å². The third-order valence-electron chi connectivity index (χ3n) is 4.10. The van der Waals surface area contributed by atoms with E-state index in [0.717, 1.165) is 17.7 Å². The second-order valence-corrected chi connectivity index (χ2v) is 6.51. The highest BCUT2D eigenvalue weighted by atomic mass is 16.1. The molecule has 0 radical (unpaired) electrons. The number of hydrogen-bond donors (Lipinski definition) is 1. The van der Waals surface area contributed by atoms with Crippen LogP contribution >= 0.6 is 0 Å². The van der Waals surface area contributed by atoms with Crippen LogP contribution in [-0.2, 0) is 4.79 Å². The molecular formula is C17H20N2O. The van der Waals surface area contributed by atoms with E-state index in [1.165, 1.54) is 0 Å². The minimum atomic E-state index is -0.0667. The van der Waals surface area contributed by atoms with E-state index in [4.69, 9.17) is 0 Å². The molecule has 3 rings (SSSR count). The number of benzene rings is 1. The minimum absolute atomic E-state index is 0.0667. The van der Waals surface area contributed by atoms with Gasteiger partial charge in [0.05, 0.1) is 17.7 Å². The summed E-state index contributed by atoms with van der Waals surface area (Å²) in [6.07, 6.45) is 5.64. The molecule has 1 heterocycles. The number of carbonyl (C=O) groups is 1. The van der Waals surface area contributed by atoms with E-state index in [9.17, 15) is 4.79 Å². The molecule has 1 aromatic carbocycles. The van der Waals surface area contributed by atoms with Crippen LogP contribution in [-0.4, -0.2) is 17.5 Å². The van der Waals surface area contributed by atoms with E-state index in [2.05, 4.69) is 24.4 Å². The topological polar surface area (TPSA) is 41.5 Å². The van der Waals surface area contributed by atoms with Crippen molar-refractivity contribution in [3.05, 3.63) is 42.0 Å². The molecule has 20 heavy (non-hydrogen) atoms. The Hall–Kier alpha value is -1.90. The molecule has 0 amide bonds. The maximum absolute atomic E-state index is 12.4. The van der Waals surface area contributed by atoms with Gasteiger partial charge < -0.3 is 5.43 Å². The van der Waals surface area contributed by atoms with Crippen molar-refractivity contribution in [1.29, 1.82) is 0 Å². The lowest BCUT2D eigenvalue weighted by Gasteiger charge is -2.35. The Morgan fingerprint density at radius 1 is 1.25 bits per heavy atom. The van der Waals surface area contributed by atoms with Crippen molar-refractivity contribution < 1.29 is 4.79 Å². The maximum Gasteiger partial charge on any atom is 0.144 e. The Kier molecular flexibility index (Phi) is 3.20. The SMILES string of the molecule is CC1(C)CC(=O)[C@@H]2C(/C=C/c3ccccc3)=NN[C@@H]2C1. The second kappa shape index (κ2) is 4.89. The number of carbonyl (C=O) groups excluding carboxylic acids is 1. The maximum atomic E-state index is 12.4. The Balaban J connectivity index is 1.77. The van der Waals surface area contributed by atoms with Gasteiger partial charge in [-0.3, -0.25) is 4.79 Å². The molecule has 0 aromatic heterocycles. The first-order valence-electron chi connectivity index (χ1n) is 7.14. The molecule has 1 fully saturated rings. The van der Waals surface area contributed by atoms with Crippen molar-refractivity contribution in [3.8, 4) is 0 Å². The highest BCUT2D eigenvalue weighted by molar-refractivity contribution is 6.13. The van der Waals surface area contributed by atoms with Gasteiger partial charge in [0.1, 0.15) is 5.78 Å². The first kappa shape index (κ1) is 13.1. The lowest BCUT2D eigenvalue weighted by atomic mass is 9.69. The number of nitrogens with zero attached hydrogens (tertiary/aromatic N) is 1. The van der Waals surface area contributed by atoms with E-state index in [0.29, 0.717) is 12.2 Å². The van der Waals surface area contributed by atoms with E-state index >= 15 is 0 Å². The van der Waals surface area contributed by atoms with Crippen LogP contribution in [0.25, 0.3) is 6.08 Å². The van der Waals surface area contributed by atoms with Crippen molar-refractivity contribution in [1.82, 2.24) is 5.43 Å². The molecule has 2 aliphatic rings. The number of rotatable bonds is 2. The number of ketones is 1. The van der Waals surface area contributed by atoms with E-state index in [1.54, 1.807) is 0 Å². The zero-order chi connectivity index (χ0) is 14.2. The monoisotopic (exact) mass is 268 g/mol. The van der Waals surface area contributed by atoms with Gasteiger partial charge >= 0.3 is 0 Å². The van der Waals surface area contributed by atoms with Crippen LogP contribution in [0.15, 0.2) is 41.5 Å². The summed E-state index contributed by atoms with van der Waals surface area (Å²) in [6, 6.07) is 10.3. The summed E-state index contributed by atoms with van der Waals surface area (Å²) in [5.74, 6) is 0.246. The van der Waals surface area contributed by atoms with Crippen LogP contribution in [0.2, 0.25) is 0 Å². The summed E-state index contributed by atoms with van der Waals surface area (Å²) >= 11 is 0. The van der Waals surface area contributed by atoms with Gasteiger partial charge in [-0.15, -0.1) is 0 Å². The molecule has 1 aliphatic carbocycles. The molecule has 0 spiro atoms. The quantitative estimate of drug-likeness (QED) is 0.895. The zero-order valence-corrected chi connectivity index (χ0v) is 12.0. The fourth-order valence-corrected chi connectivity index (χ4v) is 3.20. The van der Waals surface area contributed by atoms with Gasteiger partial charge in [0.2, 0.25) is 0 Å². The van der Waals surface area contributed by atoms with Crippen LogP contribution in [0.1, 0.15) is 32.3 Å². The number of hydrazone groups is 1. The molecule has 0 bridgehead atoms. The van der Waals surface area contributed by atoms with Crippen LogP contribution in [0.3, 0.4) is 0 Å². The Bertz CT molecular complexity index is 572. The summed E-state index contributed by atoms with van der Waals surface area (Å²) in [4.78, 5) is 12.4. The van der Waals surface area contributed by atoms with Crippen LogP contribution < -0.4 is 5.43 Å². The third kappa shape index (κ3) is 2.53. The van der Waals surface area contributed by atoms with Crippen LogP contribution in [0, 0.1) is 11.3 Å². The van der Waals surface area contributed by atoms with Crippen molar-refractivity contribution in [3.63, 3.8) is 0 Å². The van der Waals surface area contributed by atoms with Crippen molar-refractivity contribution >= 4 is 17.6 Å². The van der Waals surface area contributed by atoms with Gasteiger partial charge in [0, 0.05) is 6.42 Å². The summed E-state index contributed by atoms with van der Waals surface area (Å²) in [5.41, 5.74) is 5.23. The number of hydrogen-bond acceptors (Lipinski definition) is 3. The van der Waals surface area contributed by atoms with Crippen molar-refractivity contribution in [2.24, 2.45) is 16.4 Å². The van der Waals surface area contributed by atoms with Gasteiger partial charge in [-0.1, -0.05) is 50.3 Å². The molecule has 104 valence electrons. The minimum Gasteiger partial charge on any atom is -0.306 e. The summed E-state index contributed by atoms with van der Waals surface area (Å²) in [6.45, 7) is 4.31. The van der Waals surface area contributed by atoms with Gasteiger partial charge in [0.15, 0.2) is 0 Å². The highest BCUT2D eigenvalue weighted by Gasteiger charge is 2.45. The second-order valence-electron chi connectivity index (χ2n) is 6.51. The van der Waals surface area contributed by atoms with E-state index in [-0.39, 0.29) is 17.4 Å². The fourth-order valence-electron chi connectivity index (χ4n) is 3.20. The van der Waals surface area contributed by atoms with Crippen LogP contribution in [0.4, 0.5) is 0 Å². The molecule has 1 N–H and O–H groups in total. The highest BCUT2D eigenvalue weighted by Crippen LogP contribution is 2.38. The average Bonchev–Trinajstić information content (AvgIpc) is 2.79. The largest absolute Gasteiger partial charge is 0.306 e. The number of Topliss-reactive ketones (excluding diaryl/α,β-unsaturated/α-hetero) is 1. The average molecular weight is 268 g/mol. The van der Waals surface area contributed by atoms with Gasteiger partial charge in [0.25, 0.3) is 0 Å². The molecule has 0 unspecified atom stereocenters. The standard InChI is InChI=1S/C17H20N2O/c1-17(2)10-14-16(15(20)11-17)13(18-19-14)9-8-12-6-4-3-5-7-12/h3-9,14,16,19H,10-11H2,1-2H3/b9-8+/t14-,16-/m1/s1. The predicted molar refractivity (Wildman–Crippen MR) is 81.3 cm³/mol. The van der Waals surface area contributed by atoms with Gasteiger partial charge in [-0.25, -0.2) is 0 Å². The van der Waals surface area contributed by atoms with Crippen LogP contribution in [0.5, 0.6) is 0 Å². The molecule has 1 aromatic rings. The first-order chi connectivity index (χ1) is 9.55. The predicted octanol–water partition coefficient (Wildman–Crippen LogP) is 3.03. The normalized spacial score (nSPS) is 28.1. The zero-order valence-electron chi connectivity index (χ0n) is 12.0. The smallest absolute Gasteiger partial charge is 0.144 e. The van der Waals surface area contributed by atoms with E-state index < -0.39 is 0 Å². The summed E-state index contributed by atoms with van der Waals surface area (Å²) < 4.78 is 0. The molecule has 3 heteroatoms. The summed E-state index contributed by atoms with van der Waals surface area (Å²) in [5, 5.41) is 4.37.